The van der Waals surface area contributed by atoms with Crippen LogP contribution in [0.3, 0.4) is 0 Å². The van der Waals surface area contributed by atoms with Gasteiger partial charge in [-0.1, -0.05) is 31.5 Å². The molecular weight excluding hydrogens is 328 g/mol. The molecule has 1 heterocycles. The summed E-state index contributed by atoms with van der Waals surface area (Å²) in [6.45, 7) is 2.67. The van der Waals surface area contributed by atoms with Gasteiger partial charge in [0.05, 0.1) is 0 Å². The van der Waals surface area contributed by atoms with Crippen molar-refractivity contribution in [2.75, 3.05) is 18.5 Å². The van der Waals surface area contributed by atoms with Crippen molar-refractivity contribution >= 4 is 17.5 Å². The normalized spacial score (nSPS) is 12.9. The van der Waals surface area contributed by atoms with Crippen molar-refractivity contribution in [1.82, 2.24) is 5.32 Å². The molecule has 2 aromatic rings. The summed E-state index contributed by atoms with van der Waals surface area (Å²) in [5, 5.41) is 5.65. The molecule has 5 heteroatoms. The van der Waals surface area contributed by atoms with E-state index in [1.165, 1.54) is 18.4 Å². The SMILES string of the molecule is CCCCc1ccc(NC(=O)COc2cccc3c2CCNC3=O)cc1. The third-order valence-corrected chi connectivity index (χ3v) is 4.45. The van der Waals surface area contributed by atoms with Crippen LogP contribution in [0.15, 0.2) is 42.5 Å². The van der Waals surface area contributed by atoms with Gasteiger partial charge in [0.1, 0.15) is 5.75 Å². The number of hydrogen-bond acceptors (Lipinski definition) is 3. The molecular formula is C21H24N2O3. The van der Waals surface area contributed by atoms with E-state index in [1.807, 2.05) is 24.3 Å². The second-order valence-corrected chi connectivity index (χ2v) is 6.43. The topological polar surface area (TPSA) is 67.4 Å². The Morgan fingerprint density at radius 2 is 2.00 bits per heavy atom. The van der Waals surface area contributed by atoms with E-state index in [0.717, 1.165) is 17.7 Å². The molecule has 26 heavy (non-hydrogen) atoms. The van der Waals surface area contributed by atoms with E-state index in [4.69, 9.17) is 4.74 Å². The summed E-state index contributed by atoms with van der Waals surface area (Å²) >= 11 is 0. The summed E-state index contributed by atoms with van der Waals surface area (Å²) in [6, 6.07) is 13.3. The average molecular weight is 352 g/mol. The fraction of sp³-hybridized carbons (Fsp3) is 0.333. The molecule has 3 rings (SSSR count). The van der Waals surface area contributed by atoms with Crippen LogP contribution in [0.25, 0.3) is 0 Å². The van der Waals surface area contributed by atoms with Crippen molar-refractivity contribution in [3.8, 4) is 5.75 Å². The molecule has 0 unspecified atom stereocenters. The van der Waals surface area contributed by atoms with Crippen LogP contribution in [0.5, 0.6) is 5.75 Å². The molecule has 2 amide bonds. The fourth-order valence-corrected chi connectivity index (χ4v) is 3.04. The lowest BCUT2D eigenvalue weighted by atomic mass is 9.99. The molecule has 0 radical (unpaired) electrons. The number of amides is 2. The highest BCUT2D eigenvalue weighted by atomic mass is 16.5. The number of rotatable bonds is 7. The molecule has 2 N–H and O–H groups in total. The number of fused-ring (bicyclic) bond motifs is 1. The first-order valence-electron chi connectivity index (χ1n) is 9.09. The van der Waals surface area contributed by atoms with E-state index < -0.39 is 0 Å². The van der Waals surface area contributed by atoms with E-state index in [0.29, 0.717) is 24.3 Å². The smallest absolute Gasteiger partial charge is 0.262 e. The highest BCUT2D eigenvalue weighted by Crippen LogP contribution is 2.25. The summed E-state index contributed by atoms with van der Waals surface area (Å²) in [5.41, 5.74) is 3.52. The second kappa shape index (κ2) is 8.52. The lowest BCUT2D eigenvalue weighted by Gasteiger charge is -2.19. The van der Waals surface area contributed by atoms with Gasteiger partial charge in [-0.05, 0) is 49.1 Å². The molecule has 0 aliphatic carbocycles. The minimum atomic E-state index is -0.218. The van der Waals surface area contributed by atoms with Crippen LogP contribution in [0.2, 0.25) is 0 Å². The predicted octanol–water partition coefficient (Wildman–Crippen LogP) is 3.33. The Kier molecular flexibility index (Phi) is 5.89. The summed E-state index contributed by atoms with van der Waals surface area (Å²) in [4.78, 5) is 24.0. The molecule has 1 aliphatic rings. The Bertz CT molecular complexity index is 784. The van der Waals surface area contributed by atoms with Crippen molar-refractivity contribution in [3.05, 3.63) is 59.2 Å². The third-order valence-electron chi connectivity index (χ3n) is 4.45. The number of anilines is 1. The highest BCUT2D eigenvalue weighted by Gasteiger charge is 2.20. The zero-order chi connectivity index (χ0) is 18.4. The number of benzene rings is 2. The van der Waals surface area contributed by atoms with Crippen LogP contribution < -0.4 is 15.4 Å². The maximum absolute atomic E-state index is 12.2. The quantitative estimate of drug-likeness (QED) is 0.803. The first kappa shape index (κ1) is 18.0. The monoisotopic (exact) mass is 352 g/mol. The Hall–Kier alpha value is -2.82. The number of carbonyl (C=O) groups is 2. The van der Waals surface area contributed by atoms with Gasteiger partial charge in [0, 0.05) is 23.4 Å². The van der Waals surface area contributed by atoms with Gasteiger partial charge in [0.2, 0.25) is 0 Å². The maximum Gasteiger partial charge on any atom is 0.262 e. The summed E-state index contributed by atoms with van der Waals surface area (Å²) in [6.07, 6.45) is 4.10. The lowest BCUT2D eigenvalue weighted by molar-refractivity contribution is -0.118. The standard InChI is InChI=1S/C21H24N2O3/c1-2-3-5-15-8-10-16(11-9-15)23-20(24)14-26-19-7-4-6-18-17(19)12-13-22-21(18)25/h4,6-11H,2-3,5,12-14H2,1H3,(H,22,25)(H,23,24). The molecule has 1 aliphatic heterocycles. The van der Waals surface area contributed by atoms with Gasteiger partial charge in [-0.2, -0.15) is 0 Å². The molecule has 0 saturated heterocycles. The summed E-state index contributed by atoms with van der Waals surface area (Å²) in [7, 11) is 0. The van der Waals surface area contributed by atoms with Crippen LogP contribution >= 0.6 is 0 Å². The summed E-state index contributed by atoms with van der Waals surface area (Å²) in [5.74, 6) is 0.288. The molecule has 0 atom stereocenters. The number of ether oxygens (including phenoxy) is 1. The third kappa shape index (κ3) is 4.42. The number of aryl methyl sites for hydroxylation is 1. The Balaban J connectivity index is 1.56. The molecule has 0 spiro atoms. The van der Waals surface area contributed by atoms with Crippen LogP contribution in [0, 0.1) is 0 Å². The van der Waals surface area contributed by atoms with Crippen LogP contribution in [0.4, 0.5) is 5.69 Å². The minimum Gasteiger partial charge on any atom is -0.483 e. The molecule has 0 aromatic heterocycles. The van der Waals surface area contributed by atoms with Crippen molar-refractivity contribution in [2.45, 2.75) is 32.6 Å². The number of carbonyl (C=O) groups excluding carboxylic acids is 2. The molecule has 0 saturated carbocycles. The largest absolute Gasteiger partial charge is 0.483 e. The Morgan fingerprint density at radius 3 is 2.77 bits per heavy atom. The zero-order valence-electron chi connectivity index (χ0n) is 15.0. The number of nitrogens with one attached hydrogen (secondary N) is 2. The van der Waals surface area contributed by atoms with Gasteiger partial charge in [-0.25, -0.2) is 0 Å². The van der Waals surface area contributed by atoms with Crippen LogP contribution in [0.1, 0.15) is 41.3 Å². The van der Waals surface area contributed by atoms with Gasteiger partial charge < -0.3 is 15.4 Å². The molecule has 0 bridgehead atoms. The zero-order valence-corrected chi connectivity index (χ0v) is 15.0. The Labute approximate surface area is 153 Å². The number of hydrogen-bond donors (Lipinski definition) is 2. The molecule has 136 valence electrons. The van der Waals surface area contributed by atoms with Gasteiger partial charge >= 0.3 is 0 Å². The fourth-order valence-electron chi connectivity index (χ4n) is 3.04. The van der Waals surface area contributed by atoms with E-state index in [9.17, 15) is 9.59 Å². The van der Waals surface area contributed by atoms with Gasteiger partial charge in [-0.3, -0.25) is 9.59 Å². The minimum absolute atomic E-state index is 0.0876. The van der Waals surface area contributed by atoms with E-state index in [-0.39, 0.29) is 18.4 Å². The van der Waals surface area contributed by atoms with E-state index in [1.54, 1.807) is 18.2 Å². The molecule has 0 fully saturated rings. The van der Waals surface area contributed by atoms with Crippen LogP contribution in [-0.2, 0) is 17.6 Å². The highest BCUT2D eigenvalue weighted by molar-refractivity contribution is 5.97. The van der Waals surface area contributed by atoms with E-state index >= 15 is 0 Å². The average Bonchev–Trinajstić information content (AvgIpc) is 2.66. The predicted molar refractivity (Wildman–Crippen MR) is 102 cm³/mol. The number of unbranched alkanes of at least 4 members (excludes halogenated alkanes) is 1. The molecule has 5 nitrogen and oxygen atoms in total. The summed E-state index contributed by atoms with van der Waals surface area (Å²) < 4.78 is 5.67. The van der Waals surface area contributed by atoms with Crippen molar-refractivity contribution in [1.29, 1.82) is 0 Å². The van der Waals surface area contributed by atoms with E-state index in [2.05, 4.69) is 17.6 Å². The van der Waals surface area contributed by atoms with Crippen molar-refractivity contribution in [2.24, 2.45) is 0 Å². The lowest BCUT2D eigenvalue weighted by Crippen LogP contribution is -2.32. The van der Waals surface area contributed by atoms with Crippen molar-refractivity contribution in [3.63, 3.8) is 0 Å². The Morgan fingerprint density at radius 1 is 1.19 bits per heavy atom. The van der Waals surface area contributed by atoms with Crippen molar-refractivity contribution < 1.29 is 14.3 Å². The van der Waals surface area contributed by atoms with Gasteiger partial charge in [0.15, 0.2) is 6.61 Å². The maximum atomic E-state index is 12.2. The van der Waals surface area contributed by atoms with Gasteiger partial charge in [0.25, 0.3) is 11.8 Å². The molecule has 2 aromatic carbocycles. The van der Waals surface area contributed by atoms with Gasteiger partial charge in [-0.15, -0.1) is 0 Å². The first-order valence-corrected chi connectivity index (χ1v) is 9.09. The second-order valence-electron chi connectivity index (χ2n) is 6.43. The first-order chi connectivity index (χ1) is 12.7. The van der Waals surface area contributed by atoms with Crippen LogP contribution in [-0.4, -0.2) is 25.0 Å².